The van der Waals surface area contributed by atoms with Gasteiger partial charge in [0.25, 0.3) is 0 Å². The molecule has 2 heterocycles. The summed E-state index contributed by atoms with van der Waals surface area (Å²) >= 11 is 0. The molecule has 4 aliphatic rings. The highest BCUT2D eigenvalue weighted by atomic mass is 35.5. The summed E-state index contributed by atoms with van der Waals surface area (Å²) in [7, 11) is 5.03. The molecule has 20 heteroatoms. The summed E-state index contributed by atoms with van der Waals surface area (Å²) in [4.78, 5) is 112. The third kappa shape index (κ3) is 16.6. The first-order valence-corrected chi connectivity index (χ1v) is 26.5. The van der Waals surface area contributed by atoms with E-state index in [9.17, 15) is 38.4 Å². The predicted octanol–water partition coefficient (Wildman–Crippen LogP) is 4.33. The molecule has 8 amide bonds. The van der Waals surface area contributed by atoms with Crippen molar-refractivity contribution in [2.24, 2.45) is 16.2 Å². The highest BCUT2D eigenvalue weighted by Gasteiger charge is 2.49. The van der Waals surface area contributed by atoms with Crippen molar-refractivity contribution in [3.8, 4) is 0 Å². The van der Waals surface area contributed by atoms with Crippen LogP contribution in [0.4, 0.5) is 0 Å². The van der Waals surface area contributed by atoms with Gasteiger partial charge in [0.05, 0.1) is 24.2 Å². The van der Waals surface area contributed by atoms with Gasteiger partial charge < -0.3 is 52.3 Å². The Labute approximate surface area is 463 Å². The van der Waals surface area contributed by atoms with Gasteiger partial charge in [-0.2, -0.15) is 0 Å². The second-order valence-electron chi connectivity index (χ2n) is 23.5. The fourth-order valence-corrected chi connectivity index (χ4v) is 10.2. The summed E-state index contributed by atoms with van der Waals surface area (Å²) in [5, 5.41) is 23.6. The Morgan fingerprint density at radius 1 is 0.592 bits per heavy atom. The number of carbonyl (C=O) groups excluding carboxylic acids is 8. The number of carbonyl (C=O) groups is 8. The number of hydrogen-bond acceptors (Lipinski definition) is 10. The van der Waals surface area contributed by atoms with Crippen molar-refractivity contribution in [1.29, 1.82) is 0 Å². The Bertz CT molecular complexity index is 2370. The van der Waals surface area contributed by atoms with Crippen LogP contribution in [0.2, 0.25) is 0 Å². The van der Waals surface area contributed by atoms with Gasteiger partial charge in [0, 0.05) is 38.6 Å². The molecule has 424 valence electrons. The van der Waals surface area contributed by atoms with Gasteiger partial charge in [0.15, 0.2) is 0 Å². The zero-order chi connectivity index (χ0) is 54.9. The number of likely N-dealkylation sites (N-methyl/N-ethyl adjacent to an activating group) is 3. The molecule has 2 fully saturated rings. The maximum Gasteiger partial charge on any atom is 0.246 e. The van der Waals surface area contributed by atoms with E-state index in [1.54, 1.807) is 39.9 Å². The van der Waals surface area contributed by atoms with E-state index in [2.05, 4.69) is 54.7 Å². The molecule has 9 atom stereocenters. The van der Waals surface area contributed by atoms with Gasteiger partial charge in [-0.05, 0) is 126 Å². The molecule has 0 radical (unpaired) electrons. The minimum Gasteiger partial charge on any atom is -0.358 e. The van der Waals surface area contributed by atoms with Crippen LogP contribution in [0.3, 0.4) is 0 Å². The Hall–Kier alpha value is -5.30. The third-order valence-corrected chi connectivity index (χ3v) is 15.0. The molecule has 0 unspecified atom stereocenters. The molecule has 2 aromatic rings. The number of hydrogen-bond donors (Lipinski definition) is 8. The molecular weight excluding hydrogens is 1010 g/mol. The largest absolute Gasteiger partial charge is 0.358 e. The third-order valence-electron chi connectivity index (χ3n) is 15.0. The minimum atomic E-state index is -1.63. The van der Waals surface area contributed by atoms with Crippen LogP contribution in [0.15, 0.2) is 48.5 Å². The van der Waals surface area contributed by atoms with Gasteiger partial charge in [0.2, 0.25) is 47.3 Å². The lowest BCUT2D eigenvalue weighted by atomic mass is 9.85. The van der Waals surface area contributed by atoms with Crippen LogP contribution in [-0.4, -0.2) is 134 Å². The van der Waals surface area contributed by atoms with Crippen molar-refractivity contribution in [3.63, 3.8) is 0 Å². The smallest absolute Gasteiger partial charge is 0.246 e. The van der Waals surface area contributed by atoms with Crippen molar-refractivity contribution in [1.82, 2.24) is 52.3 Å². The average Bonchev–Trinajstić information content (AvgIpc) is 3.99. The highest BCUT2D eigenvalue weighted by molar-refractivity contribution is 6.04. The minimum absolute atomic E-state index is 0. The summed E-state index contributed by atoms with van der Waals surface area (Å²) in [6, 6.07) is 10.9. The van der Waals surface area contributed by atoms with Crippen molar-refractivity contribution < 1.29 is 38.4 Å². The van der Waals surface area contributed by atoms with Gasteiger partial charge in [-0.3, -0.25) is 38.4 Å². The molecule has 2 saturated heterocycles. The molecule has 76 heavy (non-hydrogen) atoms. The highest BCUT2D eigenvalue weighted by Crippen LogP contribution is 2.34. The van der Waals surface area contributed by atoms with E-state index in [0.29, 0.717) is 0 Å². The second-order valence-corrected chi connectivity index (χ2v) is 23.5. The van der Waals surface area contributed by atoms with Crippen molar-refractivity contribution in [3.05, 3.63) is 70.8 Å². The molecule has 0 saturated carbocycles. The van der Waals surface area contributed by atoms with Gasteiger partial charge in [-0.25, -0.2) is 0 Å². The topological polar surface area (TPSA) is 239 Å². The van der Waals surface area contributed by atoms with Crippen LogP contribution in [0, 0.1) is 16.2 Å². The number of nitrogens with zero attached hydrogens (tertiary/aromatic N) is 2. The van der Waals surface area contributed by atoms with Gasteiger partial charge in [0.1, 0.15) is 23.5 Å². The molecule has 18 nitrogen and oxygen atoms in total. The maximum absolute atomic E-state index is 14.6. The first-order chi connectivity index (χ1) is 34.7. The van der Waals surface area contributed by atoms with Crippen LogP contribution in [-0.2, 0) is 51.2 Å². The Kier molecular flexibility index (Phi) is 23.8. The number of amides is 8. The first kappa shape index (κ1) is 65.0. The van der Waals surface area contributed by atoms with E-state index in [1.165, 1.54) is 29.9 Å². The lowest BCUT2D eigenvalue weighted by Gasteiger charge is -2.36. The first-order valence-electron chi connectivity index (χ1n) is 26.5. The Balaban J connectivity index is 0.00000140. The van der Waals surface area contributed by atoms with E-state index in [1.807, 2.05) is 77.9 Å². The van der Waals surface area contributed by atoms with E-state index >= 15 is 0 Å². The second kappa shape index (κ2) is 27.8. The number of likely N-dealkylation sites (tertiary alicyclic amines) is 2. The SMILES string of the molecule is CNC(=O)[C@H](C)NC.CN[C@@H](C)C(=O)N[C@H](C(=O)N1C[C@@H](NC(=O)C(C)(C)C(=O)N[C@H]2C[C@@H](C(=O)N[C@@H]3CCCc4ccccc43)N(C(=O)CC(C)(C)C)C2)C[C@H]1C(=O)N[C@@H]1CCCc2ccccc21)C(C)(C)C.Cl.Cl. The normalized spacial score (nSPS) is 22.2. The molecule has 8 N–H and O–H groups in total. The quantitative estimate of drug-likeness (QED) is 0.118. The number of aryl methyl sites for hydroxylation is 2. The molecule has 0 spiro atoms. The van der Waals surface area contributed by atoms with E-state index in [4.69, 9.17) is 0 Å². The molecular formula is C56H88Cl2N10O8. The summed E-state index contributed by atoms with van der Waals surface area (Å²) in [5.41, 5.74) is 1.78. The van der Waals surface area contributed by atoms with Crippen LogP contribution < -0.4 is 42.5 Å². The fraction of sp³-hybridized carbons (Fsp3) is 0.643. The zero-order valence-electron chi connectivity index (χ0n) is 47.1. The maximum atomic E-state index is 14.6. The number of fused-ring (bicyclic) bond motifs is 2. The molecule has 2 aliphatic heterocycles. The Morgan fingerprint density at radius 2 is 1.01 bits per heavy atom. The van der Waals surface area contributed by atoms with Crippen molar-refractivity contribution in [2.75, 3.05) is 34.2 Å². The number of benzene rings is 2. The van der Waals surface area contributed by atoms with Crippen LogP contribution in [0.1, 0.15) is 149 Å². The zero-order valence-corrected chi connectivity index (χ0v) is 48.7. The molecule has 2 aromatic carbocycles. The summed E-state index contributed by atoms with van der Waals surface area (Å²) in [6.07, 6.45) is 5.67. The number of rotatable bonds is 15. The molecule has 6 rings (SSSR count). The Morgan fingerprint density at radius 3 is 1.42 bits per heavy atom. The molecule has 0 bridgehead atoms. The van der Waals surface area contributed by atoms with Crippen molar-refractivity contribution >= 4 is 72.1 Å². The average molecular weight is 1100 g/mol. The number of halogens is 2. The van der Waals surface area contributed by atoms with Crippen LogP contribution in [0.5, 0.6) is 0 Å². The standard InChI is InChI=1S/C51H74N8O7.C5H12N2O.2ClH/c1-30(52-10)43(61)57-42(50(5,6)7)46(64)59-29-34(26-40(59)45(63)56-38-24-16-20-32-18-12-14-22-36(32)38)54-48(66)51(8,9)47(65)53-33-25-39(58(28-33)41(60)27-49(2,3)4)44(62)55-37-23-15-19-31-17-11-13-21-35(31)37;1-4(6-2)5(8)7-3;;/h11-14,17-18,21-22,30,33-34,37-40,42,52H,15-16,19-20,23-29H2,1-10H3,(H,53,65)(H,54,66)(H,55,62)(H,56,63)(H,57,61);4,6H,1-3H3,(H,7,8);2*1H/t30-,33-,34-,37+,38+,39-,40-,42+;4-;;/m00../s1. The van der Waals surface area contributed by atoms with E-state index < -0.39 is 64.8 Å². The predicted molar refractivity (Wildman–Crippen MR) is 299 cm³/mol. The fourth-order valence-electron chi connectivity index (χ4n) is 10.2. The van der Waals surface area contributed by atoms with E-state index in [-0.39, 0.29) is 110 Å². The van der Waals surface area contributed by atoms with Gasteiger partial charge in [-0.15, -0.1) is 24.8 Å². The van der Waals surface area contributed by atoms with Gasteiger partial charge in [-0.1, -0.05) is 90.1 Å². The number of nitrogens with one attached hydrogen (secondary N) is 8. The van der Waals surface area contributed by atoms with Crippen LogP contribution >= 0.6 is 24.8 Å². The summed E-state index contributed by atoms with van der Waals surface area (Å²) in [6.45, 7) is 18.0. The van der Waals surface area contributed by atoms with Gasteiger partial charge >= 0.3 is 0 Å². The molecule has 2 aliphatic carbocycles. The molecule has 0 aromatic heterocycles. The monoisotopic (exact) mass is 1100 g/mol. The van der Waals surface area contributed by atoms with E-state index in [0.717, 1.165) is 49.7 Å². The van der Waals surface area contributed by atoms with Crippen molar-refractivity contribution in [2.45, 2.75) is 181 Å². The lowest BCUT2D eigenvalue weighted by Crippen LogP contribution is -2.59. The summed E-state index contributed by atoms with van der Waals surface area (Å²) < 4.78 is 0. The lowest BCUT2D eigenvalue weighted by molar-refractivity contribution is -0.144. The summed E-state index contributed by atoms with van der Waals surface area (Å²) in [5.74, 6) is -2.80. The van der Waals surface area contributed by atoms with Crippen LogP contribution in [0.25, 0.3) is 0 Å².